The zero-order chi connectivity index (χ0) is 14.4. The molecule has 2 aromatic carbocycles. The molecule has 0 aliphatic carbocycles. The van der Waals surface area contributed by atoms with Gasteiger partial charge in [-0.15, -0.1) is 0 Å². The first-order chi connectivity index (χ1) is 9.67. The minimum atomic E-state index is -0.285. The van der Waals surface area contributed by atoms with E-state index >= 15 is 0 Å². The molecule has 0 saturated heterocycles. The lowest BCUT2D eigenvalue weighted by molar-refractivity contribution is -0.117. The maximum Gasteiger partial charge on any atom is 0.141 e. The lowest BCUT2D eigenvalue weighted by Gasteiger charge is -2.05. The zero-order valence-electron chi connectivity index (χ0n) is 11.4. The highest BCUT2D eigenvalue weighted by atomic mass is 19.1. The Labute approximate surface area is 118 Å². The molecule has 2 aromatic rings. The molecule has 0 saturated carbocycles. The number of hydrogen-bond acceptors (Lipinski definition) is 2. The first-order valence-corrected chi connectivity index (χ1v) is 6.65. The fourth-order valence-electron chi connectivity index (χ4n) is 1.99. The van der Waals surface area contributed by atoms with Crippen LogP contribution in [0.5, 0.6) is 5.75 Å². The molecule has 20 heavy (non-hydrogen) atoms. The molecule has 3 heteroatoms. The maximum atomic E-state index is 12.8. The molecular formula is C17H17FO2. The van der Waals surface area contributed by atoms with Crippen molar-refractivity contribution in [2.45, 2.75) is 19.8 Å². The van der Waals surface area contributed by atoms with Gasteiger partial charge in [-0.2, -0.15) is 0 Å². The van der Waals surface area contributed by atoms with Gasteiger partial charge in [0.2, 0.25) is 0 Å². The van der Waals surface area contributed by atoms with Crippen LogP contribution in [-0.2, 0) is 17.6 Å². The van der Waals surface area contributed by atoms with Gasteiger partial charge in [0.05, 0.1) is 6.61 Å². The summed E-state index contributed by atoms with van der Waals surface area (Å²) in [6, 6.07) is 13.6. The van der Waals surface area contributed by atoms with Crippen molar-refractivity contribution in [3.8, 4) is 5.75 Å². The van der Waals surface area contributed by atoms with Gasteiger partial charge in [-0.1, -0.05) is 24.3 Å². The number of benzene rings is 2. The number of rotatable bonds is 6. The molecule has 0 fully saturated rings. The van der Waals surface area contributed by atoms with Crippen LogP contribution in [0.3, 0.4) is 0 Å². The Kier molecular flexibility index (Phi) is 4.88. The van der Waals surface area contributed by atoms with Gasteiger partial charge in [0.25, 0.3) is 0 Å². The second-order valence-electron chi connectivity index (χ2n) is 4.60. The maximum absolute atomic E-state index is 12.8. The molecule has 0 unspecified atom stereocenters. The van der Waals surface area contributed by atoms with Gasteiger partial charge < -0.3 is 4.74 Å². The number of hydrogen-bond donors (Lipinski definition) is 0. The van der Waals surface area contributed by atoms with Crippen LogP contribution in [-0.4, -0.2) is 12.4 Å². The van der Waals surface area contributed by atoms with Crippen LogP contribution in [0.2, 0.25) is 0 Å². The number of carbonyl (C=O) groups excluding carboxylic acids is 1. The van der Waals surface area contributed by atoms with E-state index in [2.05, 4.69) is 0 Å². The van der Waals surface area contributed by atoms with E-state index in [-0.39, 0.29) is 11.6 Å². The molecule has 0 amide bonds. The van der Waals surface area contributed by atoms with Crippen LogP contribution in [0.4, 0.5) is 4.39 Å². The largest absolute Gasteiger partial charge is 0.494 e. The monoisotopic (exact) mass is 272 g/mol. The summed E-state index contributed by atoms with van der Waals surface area (Å²) in [6.45, 7) is 2.56. The van der Waals surface area contributed by atoms with Gasteiger partial charge in [-0.3, -0.25) is 4.79 Å². The second kappa shape index (κ2) is 6.85. The molecule has 0 radical (unpaired) electrons. The highest BCUT2D eigenvalue weighted by molar-refractivity contribution is 5.83. The lowest BCUT2D eigenvalue weighted by atomic mass is 10.0. The molecule has 0 aliphatic rings. The van der Waals surface area contributed by atoms with Crippen LogP contribution in [0.1, 0.15) is 18.1 Å². The fraction of sp³-hybridized carbons (Fsp3) is 0.235. The average Bonchev–Trinajstić information content (AvgIpc) is 2.44. The summed E-state index contributed by atoms with van der Waals surface area (Å²) in [5, 5.41) is 0. The van der Waals surface area contributed by atoms with Crippen molar-refractivity contribution >= 4 is 5.78 Å². The van der Waals surface area contributed by atoms with Crippen molar-refractivity contribution in [2.75, 3.05) is 6.61 Å². The van der Waals surface area contributed by atoms with Crippen LogP contribution in [0, 0.1) is 5.82 Å². The summed E-state index contributed by atoms with van der Waals surface area (Å²) in [5.41, 5.74) is 1.79. The average molecular weight is 272 g/mol. The molecule has 0 aromatic heterocycles. The Morgan fingerprint density at radius 2 is 1.45 bits per heavy atom. The van der Waals surface area contributed by atoms with E-state index in [1.54, 1.807) is 12.1 Å². The third-order valence-electron chi connectivity index (χ3n) is 2.95. The van der Waals surface area contributed by atoms with Crippen molar-refractivity contribution in [3.63, 3.8) is 0 Å². The van der Waals surface area contributed by atoms with E-state index in [0.29, 0.717) is 19.4 Å². The van der Waals surface area contributed by atoms with E-state index in [1.165, 1.54) is 12.1 Å². The van der Waals surface area contributed by atoms with Crippen molar-refractivity contribution < 1.29 is 13.9 Å². The Hall–Kier alpha value is -2.16. The SMILES string of the molecule is CCOc1ccc(CC(=O)Cc2ccc(F)cc2)cc1. The zero-order valence-corrected chi connectivity index (χ0v) is 11.4. The van der Waals surface area contributed by atoms with Gasteiger partial charge in [0.15, 0.2) is 0 Å². The molecule has 0 spiro atoms. The minimum Gasteiger partial charge on any atom is -0.494 e. The normalized spacial score (nSPS) is 10.3. The Balaban J connectivity index is 1.92. The molecule has 0 aliphatic heterocycles. The Morgan fingerprint density at radius 1 is 0.950 bits per heavy atom. The lowest BCUT2D eigenvalue weighted by Crippen LogP contribution is -2.06. The van der Waals surface area contributed by atoms with E-state index in [0.717, 1.165) is 16.9 Å². The molecule has 2 nitrogen and oxygen atoms in total. The van der Waals surface area contributed by atoms with E-state index < -0.39 is 0 Å². The van der Waals surface area contributed by atoms with Crippen LogP contribution in [0.25, 0.3) is 0 Å². The Bertz CT molecular complexity index is 559. The predicted octanol–water partition coefficient (Wildman–Crippen LogP) is 3.58. The van der Waals surface area contributed by atoms with Crippen LogP contribution >= 0.6 is 0 Å². The van der Waals surface area contributed by atoms with Crippen molar-refractivity contribution in [1.29, 1.82) is 0 Å². The summed E-state index contributed by atoms with van der Waals surface area (Å²) >= 11 is 0. The number of Topliss-reactive ketones (excluding diaryl/α,β-unsaturated/α-hetero) is 1. The summed E-state index contributed by atoms with van der Waals surface area (Å²) in [5.74, 6) is 0.635. The first-order valence-electron chi connectivity index (χ1n) is 6.65. The van der Waals surface area contributed by atoms with Crippen LogP contribution in [0.15, 0.2) is 48.5 Å². The van der Waals surface area contributed by atoms with Gasteiger partial charge in [0.1, 0.15) is 17.3 Å². The van der Waals surface area contributed by atoms with Crippen LogP contribution < -0.4 is 4.74 Å². The summed E-state index contributed by atoms with van der Waals surface area (Å²) < 4.78 is 18.1. The summed E-state index contributed by atoms with van der Waals surface area (Å²) in [6.07, 6.45) is 0.706. The van der Waals surface area contributed by atoms with E-state index in [1.807, 2.05) is 31.2 Å². The molecule has 2 rings (SSSR count). The standard InChI is InChI=1S/C17H17FO2/c1-2-20-17-9-5-14(6-10-17)12-16(19)11-13-3-7-15(18)8-4-13/h3-10H,2,11-12H2,1H3. The second-order valence-corrected chi connectivity index (χ2v) is 4.60. The molecular weight excluding hydrogens is 255 g/mol. The summed E-state index contributed by atoms with van der Waals surface area (Å²) in [7, 11) is 0. The van der Waals surface area contributed by atoms with Crippen molar-refractivity contribution in [3.05, 3.63) is 65.5 Å². The van der Waals surface area contributed by atoms with Gasteiger partial charge in [0, 0.05) is 12.8 Å². The highest BCUT2D eigenvalue weighted by Crippen LogP contribution is 2.13. The van der Waals surface area contributed by atoms with Gasteiger partial charge in [-0.25, -0.2) is 4.39 Å². The number of ketones is 1. The minimum absolute atomic E-state index is 0.112. The smallest absolute Gasteiger partial charge is 0.141 e. The fourth-order valence-corrected chi connectivity index (χ4v) is 1.99. The molecule has 0 atom stereocenters. The van der Waals surface area contributed by atoms with Gasteiger partial charge in [-0.05, 0) is 42.3 Å². The predicted molar refractivity (Wildman–Crippen MR) is 76.4 cm³/mol. The quantitative estimate of drug-likeness (QED) is 0.803. The first kappa shape index (κ1) is 14.3. The summed E-state index contributed by atoms with van der Waals surface area (Å²) in [4.78, 5) is 12.0. The molecule has 0 bridgehead atoms. The number of carbonyl (C=O) groups is 1. The van der Waals surface area contributed by atoms with E-state index in [4.69, 9.17) is 4.74 Å². The van der Waals surface area contributed by atoms with Crippen molar-refractivity contribution in [2.24, 2.45) is 0 Å². The molecule has 0 heterocycles. The van der Waals surface area contributed by atoms with Gasteiger partial charge >= 0.3 is 0 Å². The molecule has 104 valence electrons. The van der Waals surface area contributed by atoms with Crippen molar-refractivity contribution in [1.82, 2.24) is 0 Å². The Morgan fingerprint density at radius 3 is 1.95 bits per heavy atom. The highest BCUT2D eigenvalue weighted by Gasteiger charge is 2.06. The van der Waals surface area contributed by atoms with E-state index in [9.17, 15) is 9.18 Å². The number of halogens is 1. The molecule has 0 N–H and O–H groups in total. The number of ether oxygens (including phenoxy) is 1. The third kappa shape index (κ3) is 4.19. The topological polar surface area (TPSA) is 26.3 Å². The third-order valence-corrected chi connectivity index (χ3v) is 2.95.